The number of carbonyl (C=O) groups excluding carboxylic acids is 3. The van der Waals surface area contributed by atoms with Gasteiger partial charge < -0.3 is 15.0 Å². The van der Waals surface area contributed by atoms with Crippen molar-refractivity contribution < 1.29 is 19.1 Å². The van der Waals surface area contributed by atoms with Gasteiger partial charge >= 0.3 is 5.97 Å². The van der Waals surface area contributed by atoms with Crippen molar-refractivity contribution in [3.8, 4) is 0 Å². The average molecular weight is 423 g/mol. The summed E-state index contributed by atoms with van der Waals surface area (Å²) < 4.78 is 5.25. The quantitative estimate of drug-likeness (QED) is 0.655. The molecule has 164 valence electrons. The minimum Gasteiger partial charge on any atom is -0.455 e. The molecule has 0 radical (unpaired) electrons. The van der Waals surface area contributed by atoms with Crippen LogP contribution in [0.15, 0.2) is 42.5 Å². The summed E-state index contributed by atoms with van der Waals surface area (Å²) in [5.74, 6) is -1.57. The van der Waals surface area contributed by atoms with Crippen LogP contribution in [0.1, 0.15) is 43.9 Å². The normalized spacial score (nSPS) is 15.8. The lowest BCUT2D eigenvalue weighted by Crippen LogP contribution is -2.28. The van der Waals surface area contributed by atoms with Crippen molar-refractivity contribution in [2.24, 2.45) is 5.92 Å². The van der Waals surface area contributed by atoms with E-state index in [-0.39, 0.29) is 31.4 Å². The molecule has 3 rings (SSSR count). The van der Waals surface area contributed by atoms with Crippen molar-refractivity contribution >= 4 is 29.2 Å². The van der Waals surface area contributed by atoms with Crippen molar-refractivity contribution in [3.05, 3.63) is 59.2 Å². The van der Waals surface area contributed by atoms with Crippen molar-refractivity contribution in [2.45, 2.75) is 46.5 Å². The molecule has 2 aromatic carbocycles. The van der Waals surface area contributed by atoms with Gasteiger partial charge in [-0.2, -0.15) is 0 Å². The molecule has 0 unspecified atom stereocenters. The molecule has 0 aromatic heterocycles. The maximum absolute atomic E-state index is 12.5. The Morgan fingerprint density at radius 1 is 1.00 bits per heavy atom. The van der Waals surface area contributed by atoms with Gasteiger partial charge in [0.05, 0.1) is 5.92 Å². The summed E-state index contributed by atoms with van der Waals surface area (Å²) in [5.41, 5.74) is 4.85. The second-order valence-electron chi connectivity index (χ2n) is 7.74. The highest BCUT2D eigenvalue weighted by atomic mass is 16.5. The molecule has 1 saturated heterocycles. The van der Waals surface area contributed by atoms with E-state index in [4.69, 9.17) is 4.74 Å². The number of aryl methyl sites for hydroxylation is 3. The van der Waals surface area contributed by atoms with Gasteiger partial charge in [-0.3, -0.25) is 14.4 Å². The first kappa shape index (κ1) is 22.5. The Labute approximate surface area is 183 Å². The molecule has 2 aromatic rings. The molecule has 1 fully saturated rings. The molecule has 1 N–H and O–H groups in total. The number of hydrogen-bond acceptors (Lipinski definition) is 4. The molecule has 0 aliphatic carbocycles. The third-order valence-electron chi connectivity index (χ3n) is 5.72. The van der Waals surface area contributed by atoms with Gasteiger partial charge in [0.2, 0.25) is 5.91 Å². The number of hydrogen-bond donors (Lipinski definition) is 1. The molecule has 0 spiro atoms. The van der Waals surface area contributed by atoms with E-state index in [1.54, 1.807) is 4.90 Å². The van der Waals surface area contributed by atoms with Gasteiger partial charge in [-0.15, -0.1) is 0 Å². The van der Waals surface area contributed by atoms with E-state index in [0.29, 0.717) is 0 Å². The molecule has 31 heavy (non-hydrogen) atoms. The van der Waals surface area contributed by atoms with Crippen LogP contribution in [0.5, 0.6) is 0 Å². The maximum atomic E-state index is 12.5. The summed E-state index contributed by atoms with van der Waals surface area (Å²) in [7, 11) is 0. The zero-order valence-electron chi connectivity index (χ0n) is 18.4. The molecule has 1 atom stereocenters. The smallest absolute Gasteiger partial charge is 0.311 e. The van der Waals surface area contributed by atoms with Crippen LogP contribution >= 0.6 is 0 Å². The van der Waals surface area contributed by atoms with Gasteiger partial charge in [0.15, 0.2) is 6.61 Å². The van der Waals surface area contributed by atoms with Crippen LogP contribution in [-0.2, 0) is 38.4 Å². The van der Waals surface area contributed by atoms with Crippen LogP contribution in [0, 0.1) is 5.92 Å². The van der Waals surface area contributed by atoms with Gasteiger partial charge in [-0.25, -0.2) is 0 Å². The zero-order valence-corrected chi connectivity index (χ0v) is 18.4. The third kappa shape index (κ3) is 5.32. The van der Waals surface area contributed by atoms with Crippen LogP contribution in [0.4, 0.5) is 11.4 Å². The van der Waals surface area contributed by atoms with Gasteiger partial charge in [0, 0.05) is 24.3 Å². The monoisotopic (exact) mass is 422 g/mol. The number of para-hydroxylation sites is 1. The van der Waals surface area contributed by atoms with Crippen molar-refractivity contribution in [3.63, 3.8) is 0 Å². The standard InChI is InChI=1S/C25H30N2O4/c1-4-17-10-12-21(13-11-17)27-15-20(14-23(27)29)25(30)31-16-22(28)26-24-18(5-2)8-7-9-19(24)6-3/h7-13,20H,4-6,14-16H2,1-3H3,(H,26,28)/t20-/m1/s1. The number of carbonyl (C=O) groups is 3. The fourth-order valence-electron chi connectivity index (χ4n) is 3.86. The number of amides is 2. The zero-order chi connectivity index (χ0) is 22.4. The van der Waals surface area contributed by atoms with Gasteiger partial charge in [-0.05, 0) is 48.1 Å². The lowest BCUT2D eigenvalue weighted by Gasteiger charge is -2.17. The molecule has 1 aliphatic heterocycles. The van der Waals surface area contributed by atoms with Crippen molar-refractivity contribution in [1.29, 1.82) is 0 Å². The summed E-state index contributed by atoms with van der Waals surface area (Å²) in [6.45, 7) is 6.04. The van der Waals surface area contributed by atoms with E-state index in [0.717, 1.165) is 41.8 Å². The first-order valence-corrected chi connectivity index (χ1v) is 10.9. The molecule has 0 saturated carbocycles. The first-order chi connectivity index (χ1) is 15.0. The number of rotatable bonds is 8. The first-order valence-electron chi connectivity index (χ1n) is 10.9. The van der Waals surface area contributed by atoms with E-state index in [2.05, 4.69) is 12.2 Å². The highest BCUT2D eigenvalue weighted by Crippen LogP contribution is 2.26. The van der Waals surface area contributed by atoms with Crippen LogP contribution in [0.3, 0.4) is 0 Å². The molecular formula is C25H30N2O4. The van der Waals surface area contributed by atoms with Gasteiger partial charge in [0.1, 0.15) is 0 Å². The van der Waals surface area contributed by atoms with Crippen LogP contribution < -0.4 is 10.2 Å². The largest absolute Gasteiger partial charge is 0.455 e. The van der Waals surface area contributed by atoms with E-state index in [1.165, 1.54) is 5.56 Å². The molecular weight excluding hydrogens is 392 g/mol. The minimum atomic E-state index is -0.569. The molecule has 2 amide bonds. The number of benzene rings is 2. The Bertz CT molecular complexity index is 930. The van der Waals surface area contributed by atoms with Crippen LogP contribution in [0.2, 0.25) is 0 Å². The van der Waals surface area contributed by atoms with E-state index >= 15 is 0 Å². The predicted octanol–water partition coefficient (Wildman–Crippen LogP) is 3.91. The summed E-state index contributed by atoms with van der Waals surface area (Å²) >= 11 is 0. The molecule has 6 nitrogen and oxygen atoms in total. The summed E-state index contributed by atoms with van der Waals surface area (Å²) in [5, 5.41) is 2.89. The van der Waals surface area contributed by atoms with Crippen molar-refractivity contribution in [1.82, 2.24) is 0 Å². The number of esters is 1. The van der Waals surface area contributed by atoms with Crippen LogP contribution in [0.25, 0.3) is 0 Å². The van der Waals surface area contributed by atoms with Crippen LogP contribution in [-0.4, -0.2) is 30.9 Å². The summed E-state index contributed by atoms with van der Waals surface area (Å²) in [6.07, 6.45) is 2.60. The molecule has 1 heterocycles. The molecule has 1 aliphatic rings. The third-order valence-corrected chi connectivity index (χ3v) is 5.72. The lowest BCUT2D eigenvalue weighted by atomic mass is 10.0. The second kappa shape index (κ2) is 10.2. The van der Waals surface area contributed by atoms with E-state index < -0.39 is 11.9 Å². The summed E-state index contributed by atoms with van der Waals surface area (Å²) in [4.78, 5) is 38.9. The topological polar surface area (TPSA) is 75.7 Å². The molecule has 0 bridgehead atoms. The van der Waals surface area contributed by atoms with E-state index in [1.807, 2.05) is 56.3 Å². The van der Waals surface area contributed by atoms with Gasteiger partial charge in [0.25, 0.3) is 5.91 Å². The highest BCUT2D eigenvalue weighted by Gasteiger charge is 2.36. The average Bonchev–Trinajstić information content (AvgIpc) is 3.19. The minimum absolute atomic E-state index is 0.0919. The fourth-order valence-corrected chi connectivity index (χ4v) is 3.86. The Morgan fingerprint density at radius 2 is 1.65 bits per heavy atom. The Kier molecular flexibility index (Phi) is 7.45. The van der Waals surface area contributed by atoms with Gasteiger partial charge in [-0.1, -0.05) is 51.1 Å². The number of anilines is 2. The SMILES string of the molecule is CCc1ccc(N2C[C@H](C(=O)OCC(=O)Nc3c(CC)cccc3CC)CC2=O)cc1. The maximum Gasteiger partial charge on any atom is 0.311 e. The van der Waals surface area contributed by atoms with E-state index in [9.17, 15) is 14.4 Å². The number of nitrogens with one attached hydrogen (secondary N) is 1. The Balaban J connectivity index is 1.56. The summed E-state index contributed by atoms with van der Waals surface area (Å²) in [6, 6.07) is 13.7. The second-order valence-corrected chi connectivity index (χ2v) is 7.74. The Hall–Kier alpha value is -3.15. The number of ether oxygens (including phenoxy) is 1. The highest BCUT2D eigenvalue weighted by molar-refractivity contribution is 6.00. The predicted molar refractivity (Wildman–Crippen MR) is 121 cm³/mol. The fraction of sp³-hybridized carbons (Fsp3) is 0.400. The lowest BCUT2D eigenvalue weighted by molar-refractivity contribution is -0.151. The molecule has 6 heteroatoms. The Morgan fingerprint density at radius 3 is 2.23 bits per heavy atom. The van der Waals surface area contributed by atoms with Crippen molar-refractivity contribution in [2.75, 3.05) is 23.4 Å². The number of nitrogens with zero attached hydrogens (tertiary/aromatic N) is 1.